The molecule has 1 saturated carbocycles. The van der Waals surface area contributed by atoms with Crippen molar-refractivity contribution in [2.45, 2.75) is 16.9 Å². The first-order valence-electron chi connectivity index (χ1n) is 16.5. The largest absolute Gasteiger partial charge is 0.383 e. The number of ketones is 5. The maximum atomic E-state index is 15.9. The van der Waals surface area contributed by atoms with E-state index in [1.165, 1.54) is 0 Å². The van der Waals surface area contributed by atoms with E-state index >= 15 is 24.0 Å². The topological polar surface area (TPSA) is 106 Å². The van der Waals surface area contributed by atoms with Crippen LogP contribution in [0.1, 0.15) is 80.0 Å². The Morgan fingerprint density at radius 1 is 0.460 bits per heavy atom. The fourth-order valence-electron chi connectivity index (χ4n) is 11.6. The second-order valence-electron chi connectivity index (χ2n) is 14.2. The molecule has 0 radical (unpaired) electrons. The highest BCUT2D eigenvalue weighted by atomic mass is 79.9. The minimum Gasteiger partial charge on any atom is -0.383 e. The molecule has 0 amide bonds. The zero-order valence-electron chi connectivity index (χ0n) is 26.1. The fraction of sp³-hybridized carbons (Fsp3) is 0.140. The van der Waals surface area contributed by atoms with E-state index in [0.717, 1.165) is 4.47 Å². The van der Waals surface area contributed by atoms with Gasteiger partial charge >= 0.3 is 0 Å². The van der Waals surface area contributed by atoms with Gasteiger partial charge in [0.15, 0.2) is 28.9 Å². The number of hydrogen-bond acceptors (Lipinski definition) is 6. The van der Waals surface area contributed by atoms with Crippen LogP contribution < -0.4 is 0 Å². The average molecular weight is 716 g/mol. The Balaban J connectivity index is 1.47. The normalized spacial score (nSPS) is 29.9. The Kier molecular flexibility index (Phi) is 4.94. The molecule has 1 fully saturated rings. The molecule has 0 aliphatic heterocycles. The molecule has 5 aromatic carbocycles. The molecular formula is C43H23BrO6. The van der Waals surface area contributed by atoms with E-state index in [1.54, 1.807) is 121 Å². The van der Waals surface area contributed by atoms with Crippen molar-refractivity contribution in [2.24, 2.45) is 16.7 Å². The molecule has 0 aromatic heterocycles. The van der Waals surface area contributed by atoms with Crippen molar-refractivity contribution in [2.75, 3.05) is 0 Å². The van der Waals surface area contributed by atoms with Crippen molar-refractivity contribution in [3.63, 3.8) is 0 Å². The lowest BCUT2D eigenvalue weighted by atomic mass is 9.28. The van der Waals surface area contributed by atoms with Crippen LogP contribution in [-0.2, 0) is 11.0 Å². The second-order valence-corrected chi connectivity index (χ2v) is 15.1. The summed E-state index contributed by atoms with van der Waals surface area (Å²) >= 11 is 3.53. The lowest BCUT2D eigenvalue weighted by Gasteiger charge is -2.70. The van der Waals surface area contributed by atoms with Gasteiger partial charge in [-0.05, 0) is 40.0 Å². The number of rotatable bonds is 1. The molecule has 1 N–H and O–H groups in total. The lowest BCUT2D eigenvalue weighted by Crippen LogP contribution is -2.79. The Morgan fingerprint density at radius 3 is 1.56 bits per heavy atom. The number of Topliss-reactive ketones (excluding diaryl/α,β-unsaturated/α-hetero) is 5. The van der Waals surface area contributed by atoms with Gasteiger partial charge < -0.3 is 5.11 Å². The van der Waals surface area contributed by atoms with Crippen molar-refractivity contribution < 1.29 is 29.1 Å². The van der Waals surface area contributed by atoms with Gasteiger partial charge in [0.1, 0.15) is 16.4 Å². The number of benzene rings is 5. The maximum absolute atomic E-state index is 15.9. The third kappa shape index (κ3) is 2.48. The number of allylic oxidation sites excluding steroid dienone is 1. The van der Waals surface area contributed by atoms with E-state index in [0.29, 0.717) is 22.3 Å². The molecule has 3 spiro atoms. The van der Waals surface area contributed by atoms with Gasteiger partial charge in [-0.1, -0.05) is 125 Å². The molecule has 7 aliphatic carbocycles. The molecule has 0 saturated heterocycles. The Bertz CT molecular complexity index is 2560. The van der Waals surface area contributed by atoms with Gasteiger partial charge in [0.25, 0.3) is 0 Å². The van der Waals surface area contributed by atoms with E-state index in [1.807, 2.05) is 0 Å². The van der Waals surface area contributed by atoms with Gasteiger partial charge in [0.05, 0.1) is 11.3 Å². The summed E-state index contributed by atoms with van der Waals surface area (Å²) in [6.07, 6.45) is 0. The predicted octanol–water partition coefficient (Wildman–Crippen LogP) is 7.10. The summed E-state index contributed by atoms with van der Waals surface area (Å²) in [5.41, 5.74) is -5.54. The molecular weight excluding hydrogens is 692 g/mol. The monoisotopic (exact) mass is 714 g/mol. The summed E-state index contributed by atoms with van der Waals surface area (Å²) in [4.78, 5) is 78.2. The van der Waals surface area contributed by atoms with Gasteiger partial charge in [-0.25, -0.2) is 0 Å². The van der Waals surface area contributed by atoms with Crippen molar-refractivity contribution in [1.82, 2.24) is 0 Å². The second kappa shape index (κ2) is 8.67. The molecule has 0 heterocycles. The molecule has 2 bridgehead atoms. The molecule has 238 valence electrons. The van der Waals surface area contributed by atoms with Crippen LogP contribution >= 0.6 is 15.9 Å². The summed E-state index contributed by atoms with van der Waals surface area (Å²) in [6, 6.07) is 34.2. The number of carbonyl (C=O) groups excluding carboxylic acids is 5. The maximum Gasteiger partial charge on any atom is 0.190 e. The minimum atomic E-state index is -2.26. The summed E-state index contributed by atoms with van der Waals surface area (Å²) in [5, 5.41) is 14.1. The summed E-state index contributed by atoms with van der Waals surface area (Å²) in [5.74, 6) is -5.45. The van der Waals surface area contributed by atoms with Gasteiger partial charge in [0, 0.05) is 43.8 Å². The van der Waals surface area contributed by atoms with Crippen LogP contribution in [0.3, 0.4) is 0 Å². The quantitative estimate of drug-likeness (QED) is 0.186. The summed E-state index contributed by atoms with van der Waals surface area (Å²) in [6.45, 7) is 0. The lowest BCUT2D eigenvalue weighted by molar-refractivity contribution is -0.161. The summed E-state index contributed by atoms with van der Waals surface area (Å²) in [7, 11) is 0. The average Bonchev–Trinajstić information content (AvgIpc) is 3.74. The Hall–Kier alpha value is -5.37. The van der Waals surface area contributed by atoms with E-state index in [2.05, 4.69) is 15.9 Å². The SMILES string of the molecule is O=C1C2=C3c4ccccc4C(=O)[C@]34[C@H](c3ccc(Br)cc3)C3(C(=O)c5ccccc5C3=O)[C@@]2(c2ccccc21)[C@@H]1C(=O)c2ccccc2[C@@]14O. The van der Waals surface area contributed by atoms with Crippen molar-refractivity contribution in [1.29, 1.82) is 0 Å². The van der Waals surface area contributed by atoms with Crippen LogP contribution in [0.5, 0.6) is 0 Å². The van der Waals surface area contributed by atoms with E-state index in [-0.39, 0.29) is 39.0 Å². The van der Waals surface area contributed by atoms with Crippen molar-refractivity contribution in [3.05, 3.63) is 181 Å². The standard InChI is InChI=1S/C43H23BrO6/c44-22-19-17-21(18-20-22)35-41-31(23-9-1-2-10-24(23)37(41)47)32-33(45)27-13-5-7-15-29(27)40(32,36-34(46)28-14-6-8-16-30(28)43(36,41)50)42(35)38(48)25-11-3-4-12-26(25)39(42)49/h1-20,35-36,50H/t35-,36-,40+,41+,43+/m0/s1. The highest BCUT2D eigenvalue weighted by Gasteiger charge is 2.94. The van der Waals surface area contributed by atoms with Crippen LogP contribution in [0, 0.1) is 16.7 Å². The van der Waals surface area contributed by atoms with E-state index < -0.39 is 62.6 Å². The van der Waals surface area contributed by atoms with Crippen LogP contribution in [-0.4, -0.2) is 34.0 Å². The first kappa shape index (κ1) is 28.5. The van der Waals surface area contributed by atoms with Crippen LogP contribution in [0.2, 0.25) is 0 Å². The third-order valence-corrected chi connectivity index (χ3v) is 13.3. The van der Waals surface area contributed by atoms with Crippen LogP contribution in [0.15, 0.2) is 131 Å². The number of halogens is 1. The molecule has 50 heavy (non-hydrogen) atoms. The van der Waals surface area contributed by atoms with E-state index in [4.69, 9.17) is 0 Å². The first-order valence-corrected chi connectivity index (χ1v) is 17.3. The predicted molar refractivity (Wildman–Crippen MR) is 185 cm³/mol. The number of aliphatic hydroxyl groups is 1. The van der Waals surface area contributed by atoms with Gasteiger partial charge in [0.2, 0.25) is 0 Å². The molecule has 5 atom stereocenters. The van der Waals surface area contributed by atoms with Gasteiger partial charge in [-0.3, -0.25) is 24.0 Å². The first-order chi connectivity index (χ1) is 24.2. The number of hydrogen-bond donors (Lipinski definition) is 1. The van der Waals surface area contributed by atoms with E-state index in [9.17, 15) is 5.11 Å². The van der Waals surface area contributed by atoms with Crippen LogP contribution in [0.25, 0.3) is 5.57 Å². The molecule has 6 nitrogen and oxygen atoms in total. The van der Waals surface area contributed by atoms with Gasteiger partial charge in [-0.2, -0.15) is 0 Å². The zero-order chi connectivity index (χ0) is 34.1. The molecule has 7 heteroatoms. The Morgan fingerprint density at radius 2 is 0.940 bits per heavy atom. The van der Waals surface area contributed by atoms with Crippen molar-refractivity contribution >= 4 is 50.4 Å². The number of carbonyl (C=O) groups is 5. The Labute approximate surface area is 293 Å². The van der Waals surface area contributed by atoms with Crippen molar-refractivity contribution in [3.8, 4) is 0 Å². The third-order valence-electron chi connectivity index (χ3n) is 12.8. The fourth-order valence-corrected chi connectivity index (χ4v) is 11.8. The smallest absolute Gasteiger partial charge is 0.190 e. The highest BCUT2D eigenvalue weighted by molar-refractivity contribution is 9.10. The molecule has 0 unspecified atom stereocenters. The molecule has 5 aromatic rings. The number of fused-ring (bicyclic) bond motifs is 4. The minimum absolute atomic E-state index is 0.0932. The zero-order valence-corrected chi connectivity index (χ0v) is 27.7. The molecule has 7 aliphatic rings. The highest BCUT2D eigenvalue weighted by Crippen LogP contribution is 2.87. The van der Waals surface area contributed by atoms with Crippen LogP contribution in [0.4, 0.5) is 0 Å². The molecule has 12 rings (SSSR count). The van der Waals surface area contributed by atoms with Gasteiger partial charge in [-0.15, -0.1) is 0 Å². The summed E-state index contributed by atoms with van der Waals surface area (Å²) < 4.78 is 0.733.